The topological polar surface area (TPSA) is 101 Å². The van der Waals surface area contributed by atoms with Crippen molar-refractivity contribution in [2.45, 2.75) is 58.8 Å². The molecule has 2 aromatic heterocycles. The number of thiophene rings is 1. The second-order valence-corrected chi connectivity index (χ2v) is 8.95. The number of carbonyl (C=O) groups is 2. The number of esters is 1. The van der Waals surface area contributed by atoms with E-state index in [0.717, 1.165) is 24.2 Å². The van der Waals surface area contributed by atoms with Crippen LogP contribution < -0.4 is 10.9 Å². The molecule has 2 rings (SSSR count). The molecule has 0 aliphatic carbocycles. The Morgan fingerprint density at radius 2 is 2.04 bits per heavy atom. The van der Waals surface area contributed by atoms with Crippen LogP contribution in [0.3, 0.4) is 0 Å². The van der Waals surface area contributed by atoms with Crippen molar-refractivity contribution in [1.82, 2.24) is 15.3 Å². The number of H-pyrrole nitrogens is 1. The van der Waals surface area contributed by atoms with E-state index < -0.39 is 5.97 Å². The maximum atomic E-state index is 12.5. The van der Waals surface area contributed by atoms with Crippen LogP contribution in [0, 0.1) is 6.92 Å². The van der Waals surface area contributed by atoms with Crippen LogP contribution in [0.5, 0.6) is 0 Å². The second kappa shape index (κ2) is 10.1. The summed E-state index contributed by atoms with van der Waals surface area (Å²) in [5.41, 5.74) is 0.307. The molecule has 0 aliphatic heterocycles. The van der Waals surface area contributed by atoms with Gasteiger partial charge in [-0.15, -0.1) is 23.1 Å². The number of rotatable bonds is 9. The fraction of sp³-hybridized carbons (Fsp3) is 0.579. The first-order chi connectivity index (χ1) is 13.3. The number of nitrogens with one attached hydrogen (secondary N) is 2. The van der Waals surface area contributed by atoms with Crippen molar-refractivity contribution in [3.63, 3.8) is 0 Å². The van der Waals surface area contributed by atoms with E-state index in [1.165, 1.54) is 11.8 Å². The van der Waals surface area contributed by atoms with E-state index in [0.29, 0.717) is 26.5 Å². The Morgan fingerprint density at radius 3 is 2.68 bits per heavy atom. The van der Waals surface area contributed by atoms with Crippen LogP contribution in [0.25, 0.3) is 10.2 Å². The van der Waals surface area contributed by atoms with E-state index in [-0.39, 0.29) is 35.1 Å². The van der Waals surface area contributed by atoms with Gasteiger partial charge < -0.3 is 15.0 Å². The number of aromatic amines is 1. The summed E-state index contributed by atoms with van der Waals surface area (Å²) in [5, 5.41) is 3.21. The van der Waals surface area contributed by atoms with Gasteiger partial charge in [0.15, 0.2) is 0 Å². The third kappa shape index (κ3) is 5.35. The van der Waals surface area contributed by atoms with Gasteiger partial charge in [-0.1, -0.05) is 13.3 Å². The highest BCUT2D eigenvalue weighted by atomic mass is 32.2. The molecule has 2 heterocycles. The molecule has 0 bridgehead atoms. The molecule has 0 saturated heterocycles. The van der Waals surface area contributed by atoms with Crippen LogP contribution in [-0.2, 0) is 9.53 Å². The van der Waals surface area contributed by atoms with Gasteiger partial charge in [0.2, 0.25) is 5.91 Å². The van der Waals surface area contributed by atoms with Crippen LogP contribution in [-0.4, -0.2) is 40.2 Å². The molecule has 0 aromatic carbocycles. The van der Waals surface area contributed by atoms with Crippen molar-refractivity contribution in [2.75, 3.05) is 12.4 Å². The van der Waals surface area contributed by atoms with Crippen LogP contribution in [0.1, 0.15) is 66.8 Å². The molecular weight excluding hydrogens is 398 g/mol. The molecule has 0 spiro atoms. The molecule has 2 aromatic rings. The normalized spacial score (nSPS) is 13.3. The van der Waals surface area contributed by atoms with Crippen molar-refractivity contribution in [2.24, 2.45) is 0 Å². The second-order valence-electron chi connectivity index (χ2n) is 6.62. The van der Waals surface area contributed by atoms with Crippen LogP contribution >= 0.6 is 23.1 Å². The summed E-state index contributed by atoms with van der Waals surface area (Å²) in [7, 11) is 0. The van der Waals surface area contributed by atoms with E-state index in [1.54, 1.807) is 13.8 Å². The Bertz CT molecular complexity index is 906. The fourth-order valence-electron chi connectivity index (χ4n) is 2.85. The Morgan fingerprint density at radius 1 is 1.32 bits per heavy atom. The first kappa shape index (κ1) is 22.4. The van der Waals surface area contributed by atoms with E-state index in [9.17, 15) is 14.4 Å². The molecule has 0 unspecified atom stereocenters. The molecule has 2 N–H and O–H groups in total. The molecule has 0 aliphatic rings. The number of aromatic nitrogens is 2. The molecule has 2 atom stereocenters. The number of ether oxygens (including phenoxy) is 1. The lowest BCUT2D eigenvalue weighted by atomic mass is 10.2. The van der Waals surface area contributed by atoms with Gasteiger partial charge in [0, 0.05) is 6.04 Å². The van der Waals surface area contributed by atoms with Gasteiger partial charge in [0.25, 0.3) is 5.56 Å². The third-order valence-electron chi connectivity index (χ3n) is 4.26. The lowest BCUT2D eigenvalue weighted by molar-refractivity contribution is -0.119. The van der Waals surface area contributed by atoms with Crippen molar-refractivity contribution >= 4 is 45.2 Å². The van der Waals surface area contributed by atoms with Crippen molar-refractivity contribution in [3.8, 4) is 0 Å². The van der Waals surface area contributed by atoms with E-state index in [4.69, 9.17) is 4.74 Å². The smallest absolute Gasteiger partial charge is 0.348 e. The minimum atomic E-state index is -0.441. The highest BCUT2D eigenvalue weighted by molar-refractivity contribution is 8.00. The summed E-state index contributed by atoms with van der Waals surface area (Å²) >= 11 is 2.57. The maximum absolute atomic E-state index is 12.5. The number of fused-ring (bicyclic) bond motifs is 1. The lowest BCUT2D eigenvalue weighted by Gasteiger charge is -2.14. The number of nitrogens with zero attached hydrogens (tertiary/aromatic N) is 1. The lowest BCUT2D eigenvalue weighted by Crippen LogP contribution is -2.33. The molecule has 9 heteroatoms. The number of aryl methyl sites for hydroxylation is 1. The molecule has 154 valence electrons. The highest BCUT2D eigenvalue weighted by Gasteiger charge is 2.21. The molecule has 7 nitrogen and oxygen atoms in total. The number of carbonyl (C=O) groups excluding carboxylic acids is 2. The summed E-state index contributed by atoms with van der Waals surface area (Å²) in [5.74, 6) is 0.310. The van der Waals surface area contributed by atoms with Crippen LogP contribution in [0.4, 0.5) is 0 Å². The van der Waals surface area contributed by atoms with Gasteiger partial charge in [0.05, 0.1) is 23.0 Å². The van der Waals surface area contributed by atoms with Gasteiger partial charge in [-0.2, -0.15) is 0 Å². The minimum absolute atomic E-state index is 0.0298. The molecule has 0 saturated carbocycles. The van der Waals surface area contributed by atoms with Gasteiger partial charge >= 0.3 is 5.97 Å². The SMILES string of the molecule is CCC[C@H](C)NC(=O)CS[C@@H](C)c1nc2sc(C(=O)OCC)c(C)c2c(=O)[nH]1. The number of hydrogen-bond acceptors (Lipinski definition) is 7. The predicted molar refractivity (Wildman–Crippen MR) is 114 cm³/mol. The summed E-state index contributed by atoms with van der Waals surface area (Å²) < 4.78 is 5.05. The third-order valence-corrected chi connectivity index (χ3v) is 6.58. The minimum Gasteiger partial charge on any atom is -0.462 e. The highest BCUT2D eigenvalue weighted by Crippen LogP contribution is 2.30. The average molecular weight is 426 g/mol. The summed E-state index contributed by atoms with van der Waals surface area (Å²) in [6.45, 7) is 9.70. The van der Waals surface area contributed by atoms with E-state index in [1.807, 2.05) is 13.8 Å². The molecule has 28 heavy (non-hydrogen) atoms. The molecular formula is C19H27N3O4S2. The number of hydrogen-bond donors (Lipinski definition) is 2. The number of thioether (sulfide) groups is 1. The van der Waals surface area contributed by atoms with Gasteiger partial charge in [-0.3, -0.25) is 9.59 Å². The zero-order chi connectivity index (χ0) is 20.8. The fourth-order valence-corrected chi connectivity index (χ4v) is 4.68. The van der Waals surface area contributed by atoms with Crippen LogP contribution in [0.15, 0.2) is 4.79 Å². The largest absolute Gasteiger partial charge is 0.462 e. The maximum Gasteiger partial charge on any atom is 0.348 e. The average Bonchev–Trinajstić information content (AvgIpc) is 2.97. The summed E-state index contributed by atoms with van der Waals surface area (Å²) in [4.78, 5) is 44.9. The van der Waals surface area contributed by atoms with Gasteiger partial charge in [-0.25, -0.2) is 9.78 Å². The molecule has 0 radical (unpaired) electrons. The van der Waals surface area contributed by atoms with E-state index >= 15 is 0 Å². The summed E-state index contributed by atoms with van der Waals surface area (Å²) in [6.07, 6.45) is 1.96. The first-order valence-electron chi connectivity index (χ1n) is 9.39. The van der Waals surface area contributed by atoms with Gasteiger partial charge in [-0.05, 0) is 39.7 Å². The molecule has 0 fully saturated rings. The van der Waals surface area contributed by atoms with Crippen LogP contribution in [0.2, 0.25) is 0 Å². The van der Waals surface area contributed by atoms with Gasteiger partial charge in [0.1, 0.15) is 15.5 Å². The van der Waals surface area contributed by atoms with Crippen molar-refractivity contribution in [3.05, 3.63) is 26.6 Å². The molecule has 1 amide bonds. The monoisotopic (exact) mass is 425 g/mol. The number of amides is 1. The zero-order valence-corrected chi connectivity index (χ0v) is 18.5. The Balaban J connectivity index is 2.15. The Labute approximate surface area is 172 Å². The standard InChI is InChI=1S/C19H27N3O4S2/c1-6-8-10(3)20-13(23)9-27-12(5)16-21-17(24)14-11(4)15(19(25)26-7-2)28-18(14)22-16/h10,12H,6-9H2,1-5H3,(H,20,23)(H,21,22,24)/t10-,12-/m0/s1. The van der Waals surface area contributed by atoms with Crippen molar-refractivity contribution in [1.29, 1.82) is 0 Å². The Hall–Kier alpha value is -1.87. The van der Waals surface area contributed by atoms with Crippen molar-refractivity contribution < 1.29 is 14.3 Å². The zero-order valence-electron chi connectivity index (χ0n) is 16.9. The summed E-state index contributed by atoms with van der Waals surface area (Å²) in [6, 6.07) is 0.151. The quantitative estimate of drug-likeness (QED) is 0.596. The van der Waals surface area contributed by atoms with E-state index in [2.05, 4.69) is 22.2 Å². The Kier molecular flexibility index (Phi) is 8.06. The first-order valence-corrected chi connectivity index (χ1v) is 11.3. The predicted octanol–water partition coefficient (Wildman–Crippen LogP) is 3.57.